The van der Waals surface area contributed by atoms with Gasteiger partial charge in [-0.3, -0.25) is 14.4 Å². The minimum Gasteiger partial charge on any atom is -0.379 e. The number of ether oxygens (including phenoxy) is 1. The van der Waals surface area contributed by atoms with Gasteiger partial charge in [-0.1, -0.05) is 0 Å². The van der Waals surface area contributed by atoms with Crippen molar-refractivity contribution in [1.29, 1.82) is 0 Å². The minimum atomic E-state index is -0.488. The Morgan fingerprint density at radius 1 is 1.17 bits per heavy atom. The number of carbonyl (C=O) groups excluding carboxylic acids is 1. The first-order chi connectivity index (χ1) is 17.0. The maximum absolute atomic E-state index is 14.5. The average molecular weight is 478 g/mol. The van der Waals surface area contributed by atoms with Crippen LogP contribution in [0.5, 0.6) is 0 Å². The molecule has 5 heterocycles. The maximum Gasteiger partial charge on any atom is 0.257 e. The highest BCUT2D eigenvalue weighted by atomic mass is 19.1. The first kappa shape index (κ1) is 22.0. The lowest BCUT2D eigenvalue weighted by molar-refractivity contribution is 0.0209. The van der Waals surface area contributed by atoms with Gasteiger partial charge < -0.3 is 19.4 Å². The summed E-state index contributed by atoms with van der Waals surface area (Å²) in [6, 6.07) is 5.62. The number of fused-ring (bicyclic) bond motifs is 2. The quantitative estimate of drug-likeness (QED) is 0.487. The summed E-state index contributed by atoms with van der Waals surface area (Å²) in [5.74, 6) is -0.818. The number of hydrogen-bond donors (Lipinski definition) is 1. The van der Waals surface area contributed by atoms with Crippen molar-refractivity contribution < 1.29 is 13.9 Å². The lowest BCUT2D eigenvalue weighted by atomic mass is 10.1. The van der Waals surface area contributed by atoms with E-state index in [1.807, 2.05) is 25.4 Å². The van der Waals surface area contributed by atoms with Crippen LogP contribution in [0.3, 0.4) is 0 Å². The highest BCUT2D eigenvalue weighted by Gasteiger charge is 2.30. The van der Waals surface area contributed by atoms with Gasteiger partial charge in [-0.25, -0.2) is 9.37 Å². The molecule has 1 unspecified atom stereocenters. The first-order valence-corrected chi connectivity index (χ1v) is 12.0. The number of rotatable bonds is 4. The van der Waals surface area contributed by atoms with E-state index in [1.54, 1.807) is 28.4 Å². The zero-order chi connectivity index (χ0) is 24.1. The van der Waals surface area contributed by atoms with Crippen LogP contribution < -0.4 is 10.2 Å². The fourth-order valence-corrected chi connectivity index (χ4v) is 5.31. The molecule has 0 aliphatic carbocycles. The van der Waals surface area contributed by atoms with E-state index >= 15 is 0 Å². The van der Waals surface area contributed by atoms with Crippen LogP contribution in [0.25, 0.3) is 16.6 Å². The number of amides is 1. The highest BCUT2D eigenvalue weighted by molar-refractivity contribution is 6.13. The zero-order valence-corrected chi connectivity index (χ0v) is 19.9. The second-order valence-electron chi connectivity index (χ2n) is 9.38. The molecule has 0 saturated carbocycles. The number of benzene rings is 1. The number of halogens is 1. The van der Waals surface area contributed by atoms with Crippen LogP contribution >= 0.6 is 0 Å². The number of carbonyl (C=O) groups is 1. The van der Waals surface area contributed by atoms with Crippen LogP contribution in [0.2, 0.25) is 0 Å². The Kier molecular flexibility index (Phi) is 5.42. The summed E-state index contributed by atoms with van der Waals surface area (Å²) in [5.41, 5.74) is 3.47. The molecule has 2 fully saturated rings. The molecule has 1 N–H and O–H groups in total. The van der Waals surface area contributed by atoms with Crippen molar-refractivity contribution in [3.63, 3.8) is 0 Å². The van der Waals surface area contributed by atoms with E-state index in [4.69, 9.17) is 4.74 Å². The molecule has 182 valence electrons. The molecule has 1 amide bonds. The molecule has 10 heteroatoms. The molecule has 35 heavy (non-hydrogen) atoms. The molecule has 2 aliphatic heterocycles. The standard InChI is InChI=1S/C25H28FN7O2/c1-16-12-33-13-17(11-21(26)24(33)27-16)28-25(34)19-3-4-22(20-15-30(2)29-23(19)20)32-6-5-18(14-32)31-7-9-35-10-8-31/h3-4,11-13,15,18H,5-10,14H2,1-2H3,(H,28,34). The summed E-state index contributed by atoms with van der Waals surface area (Å²) >= 11 is 0. The van der Waals surface area contributed by atoms with Crippen LogP contribution in [0.1, 0.15) is 22.5 Å². The predicted octanol–water partition coefficient (Wildman–Crippen LogP) is 2.83. The van der Waals surface area contributed by atoms with Crippen molar-refractivity contribution in [2.75, 3.05) is 49.6 Å². The number of pyridine rings is 1. The minimum absolute atomic E-state index is 0.234. The Morgan fingerprint density at radius 3 is 2.83 bits per heavy atom. The molecule has 0 spiro atoms. The number of hydrogen-bond acceptors (Lipinski definition) is 6. The first-order valence-electron chi connectivity index (χ1n) is 12.0. The molecule has 6 rings (SSSR count). The number of nitrogens with zero attached hydrogens (tertiary/aromatic N) is 6. The number of nitrogens with one attached hydrogen (secondary N) is 1. The van der Waals surface area contributed by atoms with E-state index in [0.717, 1.165) is 56.9 Å². The second-order valence-corrected chi connectivity index (χ2v) is 9.38. The van der Waals surface area contributed by atoms with Gasteiger partial charge in [-0.15, -0.1) is 0 Å². The van der Waals surface area contributed by atoms with Crippen molar-refractivity contribution in [2.45, 2.75) is 19.4 Å². The van der Waals surface area contributed by atoms with Gasteiger partial charge in [0.2, 0.25) is 0 Å². The van der Waals surface area contributed by atoms with Crippen molar-refractivity contribution in [3.05, 3.63) is 53.9 Å². The van der Waals surface area contributed by atoms with Gasteiger partial charge in [0.05, 0.1) is 30.2 Å². The fraction of sp³-hybridized carbons (Fsp3) is 0.400. The topological polar surface area (TPSA) is 79.9 Å². The molecule has 9 nitrogen and oxygen atoms in total. The molecule has 1 aromatic carbocycles. The third-order valence-corrected chi connectivity index (χ3v) is 6.96. The van der Waals surface area contributed by atoms with Crippen LogP contribution in [0.15, 0.2) is 36.8 Å². The third kappa shape index (κ3) is 4.02. The van der Waals surface area contributed by atoms with Crippen molar-refractivity contribution in [1.82, 2.24) is 24.1 Å². The normalized spacial score (nSPS) is 19.2. The Labute approximate surface area is 202 Å². The second kappa shape index (κ2) is 8.62. The van der Waals surface area contributed by atoms with E-state index < -0.39 is 5.82 Å². The molecule has 2 aliphatic rings. The van der Waals surface area contributed by atoms with E-state index in [0.29, 0.717) is 28.5 Å². The van der Waals surface area contributed by atoms with Gasteiger partial charge in [0, 0.05) is 75.0 Å². The summed E-state index contributed by atoms with van der Waals surface area (Å²) in [6.45, 7) is 7.25. The van der Waals surface area contributed by atoms with Gasteiger partial charge in [-0.05, 0) is 25.5 Å². The molecule has 1 atom stereocenters. The molecule has 4 aromatic rings. The van der Waals surface area contributed by atoms with Gasteiger partial charge in [-0.2, -0.15) is 5.10 Å². The zero-order valence-electron chi connectivity index (χ0n) is 19.9. The molecule has 0 bridgehead atoms. The van der Waals surface area contributed by atoms with E-state index in [-0.39, 0.29) is 11.6 Å². The smallest absolute Gasteiger partial charge is 0.257 e. The summed E-state index contributed by atoms with van der Waals surface area (Å²) in [4.78, 5) is 22.3. The molecular weight excluding hydrogens is 449 g/mol. The Bertz CT molecular complexity index is 1420. The average Bonchev–Trinajstić information content (AvgIpc) is 3.56. The Hall–Kier alpha value is -3.50. The number of morpholine rings is 1. The summed E-state index contributed by atoms with van der Waals surface area (Å²) < 4.78 is 23.3. The molecule has 3 aromatic heterocycles. The largest absolute Gasteiger partial charge is 0.379 e. The molecule has 0 radical (unpaired) electrons. The lowest BCUT2D eigenvalue weighted by Gasteiger charge is -2.32. The van der Waals surface area contributed by atoms with E-state index in [1.165, 1.54) is 6.07 Å². The van der Waals surface area contributed by atoms with Crippen LogP contribution in [-0.4, -0.2) is 75.4 Å². The number of imidazole rings is 1. The third-order valence-electron chi connectivity index (χ3n) is 6.96. The van der Waals surface area contributed by atoms with E-state index in [2.05, 4.69) is 25.2 Å². The Balaban J connectivity index is 1.27. The maximum atomic E-state index is 14.5. The van der Waals surface area contributed by atoms with Gasteiger partial charge in [0.25, 0.3) is 5.91 Å². The number of aryl methyl sites for hydroxylation is 2. The van der Waals surface area contributed by atoms with Crippen molar-refractivity contribution >= 4 is 33.8 Å². The fourth-order valence-electron chi connectivity index (χ4n) is 5.31. The van der Waals surface area contributed by atoms with Crippen LogP contribution in [-0.2, 0) is 11.8 Å². The Morgan fingerprint density at radius 2 is 2.00 bits per heavy atom. The summed E-state index contributed by atoms with van der Waals surface area (Å²) in [6.07, 6.45) is 6.45. The van der Waals surface area contributed by atoms with Crippen molar-refractivity contribution in [3.8, 4) is 0 Å². The lowest BCUT2D eigenvalue weighted by Crippen LogP contribution is -2.44. The highest BCUT2D eigenvalue weighted by Crippen LogP contribution is 2.32. The monoisotopic (exact) mass is 477 g/mol. The SMILES string of the molecule is Cc1cn2cc(NC(=O)c3ccc(N4CCC(N5CCOCC5)C4)c4cn(C)nc34)cc(F)c2n1. The summed E-state index contributed by atoms with van der Waals surface area (Å²) in [5, 5.41) is 8.37. The number of anilines is 2. The summed E-state index contributed by atoms with van der Waals surface area (Å²) in [7, 11) is 1.86. The van der Waals surface area contributed by atoms with Gasteiger partial charge in [0.1, 0.15) is 5.52 Å². The predicted molar refractivity (Wildman–Crippen MR) is 132 cm³/mol. The van der Waals surface area contributed by atoms with Gasteiger partial charge in [0.15, 0.2) is 11.5 Å². The van der Waals surface area contributed by atoms with Crippen LogP contribution in [0.4, 0.5) is 15.8 Å². The number of aromatic nitrogens is 4. The molecular formula is C25H28FN7O2. The molecule has 2 saturated heterocycles. The van der Waals surface area contributed by atoms with E-state index in [9.17, 15) is 9.18 Å². The van der Waals surface area contributed by atoms with Crippen LogP contribution in [0, 0.1) is 12.7 Å². The van der Waals surface area contributed by atoms with Gasteiger partial charge >= 0.3 is 0 Å². The van der Waals surface area contributed by atoms with Crippen molar-refractivity contribution in [2.24, 2.45) is 7.05 Å².